The first kappa shape index (κ1) is 10.1. The van der Waals surface area contributed by atoms with E-state index < -0.39 is 0 Å². The molecular weight excluding hydrogens is 198 g/mol. The zero-order valence-electron chi connectivity index (χ0n) is 8.64. The summed E-state index contributed by atoms with van der Waals surface area (Å²) in [6.07, 6.45) is 0. The first-order valence-corrected chi connectivity index (χ1v) is 4.92. The summed E-state index contributed by atoms with van der Waals surface area (Å²) >= 11 is 0. The Balaban J connectivity index is 2.36. The number of nitrogen functional groups attached to an aromatic ring is 1. The van der Waals surface area contributed by atoms with Crippen molar-refractivity contribution in [3.8, 4) is 17.6 Å². The molecule has 2 aromatic rings. The van der Waals surface area contributed by atoms with Crippen LogP contribution in [0.4, 0.5) is 5.69 Å². The molecule has 0 unspecified atom stereocenters. The number of rotatable bonds is 0. The maximum Gasteiger partial charge on any atom is 0.131 e. The summed E-state index contributed by atoms with van der Waals surface area (Å²) in [6.45, 7) is 0. The van der Waals surface area contributed by atoms with E-state index in [4.69, 9.17) is 5.73 Å². The highest BCUT2D eigenvalue weighted by Crippen LogP contribution is 2.14. The van der Waals surface area contributed by atoms with Crippen LogP contribution in [0, 0.1) is 11.8 Å². The van der Waals surface area contributed by atoms with Crippen LogP contribution in [0.25, 0.3) is 0 Å². The quantitative estimate of drug-likeness (QED) is 0.517. The van der Waals surface area contributed by atoms with Crippen molar-refractivity contribution in [2.45, 2.75) is 0 Å². The Hall–Kier alpha value is -2.40. The maximum absolute atomic E-state index is 9.52. The molecule has 0 aliphatic rings. The summed E-state index contributed by atoms with van der Waals surface area (Å²) in [5.41, 5.74) is 7.77. The fraction of sp³-hybridized carbons (Fsp3) is 0. The number of anilines is 1. The van der Waals surface area contributed by atoms with Crippen molar-refractivity contribution in [2.75, 3.05) is 5.73 Å². The Morgan fingerprint density at radius 2 is 1.38 bits per heavy atom. The van der Waals surface area contributed by atoms with Crippen LogP contribution in [0.15, 0.2) is 48.5 Å². The first-order valence-electron chi connectivity index (χ1n) is 4.92. The van der Waals surface area contributed by atoms with E-state index in [-0.39, 0.29) is 5.75 Å². The minimum atomic E-state index is 0.185. The molecule has 0 fully saturated rings. The molecule has 2 heteroatoms. The number of aromatic hydroxyl groups is 1. The Morgan fingerprint density at radius 1 is 0.812 bits per heavy atom. The lowest BCUT2D eigenvalue weighted by Crippen LogP contribution is -1.88. The molecule has 0 atom stereocenters. The molecule has 0 spiro atoms. The summed E-state index contributed by atoms with van der Waals surface area (Å²) in [4.78, 5) is 0. The van der Waals surface area contributed by atoms with Gasteiger partial charge in [-0.3, -0.25) is 0 Å². The van der Waals surface area contributed by atoms with E-state index in [1.807, 2.05) is 24.3 Å². The molecule has 0 amide bonds. The van der Waals surface area contributed by atoms with Crippen LogP contribution < -0.4 is 5.73 Å². The molecule has 0 saturated carbocycles. The van der Waals surface area contributed by atoms with Crippen LogP contribution in [-0.4, -0.2) is 5.11 Å². The van der Waals surface area contributed by atoms with E-state index in [0.29, 0.717) is 11.3 Å². The van der Waals surface area contributed by atoms with E-state index in [0.717, 1.165) is 5.56 Å². The van der Waals surface area contributed by atoms with Crippen molar-refractivity contribution in [1.82, 2.24) is 0 Å². The SMILES string of the molecule is Nc1ccccc1C#Cc1ccccc1O. The normalized spacial score (nSPS) is 9.25. The Morgan fingerprint density at radius 3 is 2.06 bits per heavy atom. The van der Waals surface area contributed by atoms with Gasteiger partial charge in [0.15, 0.2) is 0 Å². The molecule has 2 rings (SSSR count). The zero-order chi connectivity index (χ0) is 11.4. The van der Waals surface area contributed by atoms with Crippen LogP contribution in [0.5, 0.6) is 5.75 Å². The van der Waals surface area contributed by atoms with Crippen LogP contribution >= 0.6 is 0 Å². The second-order valence-corrected chi connectivity index (χ2v) is 3.35. The second-order valence-electron chi connectivity index (χ2n) is 3.35. The van der Waals surface area contributed by atoms with Gasteiger partial charge >= 0.3 is 0 Å². The molecule has 0 radical (unpaired) electrons. The fourth-order valence-corrected chi connectivity index (χ4v) is 1.32. The molecule has 3 N–H and O–H groups in total. The van der Waals surface area contributed by atoms with Gasteiger partial charge in [-0.15, -0.1) is 0 Å². The van der Waals surface area contributed by atoms with Gasteiger partial charge in [0.2, 0.25) is 0 Å². The second kappa shape index (κ2) is 4.41. The van der Waals surface area contributed by atoms with Crippen LogP contribution in [-0.2, 0) is 0 Å². The number of para-hydroxylation sites is 2. The summed E-state index contributed by atoms with van der Waals surface area (Å²) in [5, 5.41) is 9.52. The number of phenols is 1. The van der Waals surface area contributed by atoms with E-state index in [9.17, 15) is 5.11 Å². The maximum atomic E-state index is 9.52. The van der Waals surface area contributed by atoms with Gasteiger partial charge in [-0.05, 0) is 24.3 Å². The summed E-state index contributed by atoms with van der Waals surface area (Å²) in [7, 11) is 0. The van der Waals surface area contributed by atoms with Gasteiger partial charge in [-0.25, -0.2) is 0 Å². The number of phenolic OH excluding ortho intramolecular Hbond substituents is 1. The third kappa shape index (κ3) is 2.15. The third-order valence-corrected chi connectivity index (χ3v) is 2.20. The van der Waals surface area contributed by atoms with Crippen molar-refractivity contribution in [2.24, 2.45) is 0 Å². The Bertz CT molecular complexity index is 515. The average molecular weight is 209 g/mol. The van der Waals surface area contributed by atoms with E-state index in [2.05, 4.69) is 11.8 Å². The molecule has 0 bridgehead atoms. The van der Waals surface area contributed by atoms with Crippen LogP contribution in [0.3, 0.4) is 0 Å². The van der Waals surface area contributed by atoms with Gasteiger partial charge in [-0.2, -0.15) is 0 Å². The molecule has 2 nitrogen and oxygen atoms in total. The predicted molar refractivity (Wildman–Crippen MR) is 64.9 cm³/mol. The number of hydrogen-bond donors (Lipinski definition) is 2. The van der Waals surface area contributed by atoms with Gasteiger partial charge in [0.1, 0.15) is 5.75 Å². The highest BCUT2D eigenvalue weighted by Gasteiger charge is 1.95. The largest absolute Gasteiger partial charge is 0.507 e. The van der Waals surface area contributed by atoms with Crippen molar-refractivity contribution in [3.05, 3.63) is 59.7 Å². The average Bonchev–Trinajstić information content (AvgIpc) is 2.30. The molecule has 0 aliphatic heterocycles. The van der Waals surface area contributed by atoms with Crippen LogP contribution in [0.2, 0.25) is 0 Å². The van der Waals surface area contributed by atoms with Gasteiger partial charge in [0, 0.05) is 11.3 Å². The lowest BCUT2D eigenvalue weighted by Gasteiger charge is -1.96. The molecule has 2 aromatic carbocycles. The number of benzene rings is 2. The molecule has 0 saturated heterocycles. The minimum absolute atomic E-state index is 0.185. The summed E-state index contributed by atoms with van der Waals surface area (Å²) in [6, 6.07) is 14.4. The van der Waals surface area contributed by atoms with Crippen molar-refractivity contribution in [1.29, 1.82) is 0 Å². The van der Waals surface area contributed by atoms with Crippen LogP contribution in [0.1, 0.15) is 11.1 Å². The topological polar surface area (TPSA) is 46.2 Å². The smallest absolute Gasteiger partial charge is 0.131 e. The number of nitrogens with two attached hydrogens (primary N) is 1. The summed E-state index contributed by atoms with van der Waals surface area (Å²) < 4.78 is 0. The minimum Gasteiger partial charge on any atom is -0.507 e. The first-order chi connectivity index (χ1) is 7.77. The Labute approximate surface area is 94.4 Å². The van der Waals surface area contributed by atoms with Gasteiger partial charge in [0.25, 0.3) is 0 Å². The van der Waals surface area contributed by atoms with E-state index in [1.54, 1.807) is 24.3 Å². The monoisotopic (exact) mass is 209 g/mol. The lowest BCUT2D eigenvalue weighted by molar-refractivity contribution is 0.473. The molecule has 0 heterocycles. The fourth-order valence-electron chi connectivity index (χ4n) is 1.32. The molecule has 0 aromatic heterocycles. The zero-order valence-corrected chi connectivity index (χ0v) is 8.64. The van der Waals surface area contributed by atoms with Gasteiger partial charge < -0.3 is 10.8 Å². The predicted octanol–water partition coefficient (Wildman–Crippen LogP) is 2.37. The molecule has 78 valence electrons. The molecular formula is C14H11NO. The van der Waals surface area contributed by atoms with Crippen molar-refractivity contribution < 1.29 is 5.11 Å². The molecule has 0 aliphatic carbocycles. The number of hydrogen-bond acceptors (Lipinski definition) is 2. The van der Waals surface area contributed by atoms with E-state index in [1.165, 1.54) is 0 Å². The van der Waals surface area contributed by atoms with Gasteiger partial charge in [-0.1, -0.05) is 36.1 Å². The lowest BCUT2D eigenvalue weighted by atomic mass is 10.1. The molecule has 16 heavy (non-hydrogen) atoms. The highest BCUT2D eigenvalue weighted by atomic mass is 16.3. The van der Waals surface area contributed by atoms with E-state index >= 15 is 0 Å². The van der Waals surface area contributed by atoms with Crippen molar-refractivity contribution >= 4 is 5.69 Å². The standard InChI is InChI=1S/C14H11NO/c15-13-7-3-1-5-11(13)9-10-12-6-2-4-8-14(12)16/h1-8,16H,15H2. The highest BCUT2D eigenvalue weighted by molar-refractivity contribution is 5.58. The summed E-state index contributed by atoms with van der Waals surface area (Å²) in [5.74, 6) is 6.01. The third-order valence-electron chi connectivity index (χ3n) is 2.20. The Kier molecular flexibility index (Phi) is 2.79. The van der Waals surface area contributed by atoms with Crippen molar-refractivity contribution in [3.63, 3.8) is 0 Å². The van der Waals surface area contributed by atoms with Gasteiger partial charge in [0.05, 0.1) is 5.56 Å².